The Hall–Kier alpha value is -3.14. The van der Waals surface area contributed by atoms with Crippen LogP contribution in [0.25, 0.3) is 5.70 Å². The molecule has 0 atom stereocenters. The van der Waals surface area contributed by atoms with Crippen molar-refractivity contribution in [1.29, 1.82) is 0 Å². The van der Waals surface area contributed by atoms with E-state index in [2.05, 4.69) is 70.5 Å². The molecule has 1 aliphatic rings. The third-order valence-electron chi connectivity index (χ3n) is 4.86. The molecule has 4 rings (SSSR count). The zero-order chi connectivity index (χ0) is 17.3. The number of hydrogen-bond acceptors (Lipinski definition) is 2. The SMILES string of the molecule is CC(=O)/C=C1\N[B-](c2ccccc2)(c2ccccc2)[n+]2ccccc21. The van der Waals surface area contributed by atoms with Crippen LogP contribution in [-0.2, 0) is 4.79 Å². The van der Waals surface area contributed by atoms with Crippen LogP contribution in [0.15, 0.2) is 91.1 Å². The maximum atomic E-state index is 11.8. The van der Waals surface area contributed by atoms with Gasteiger partial charge in [0.25, 0.3) is 0 Å². The molecule has 0 bridgehead atoms. The van der Waals surface area contributed by atoms with Gasteiger partial charge in [-0.3, -0.25) is 4.79 Å². The van der Waals surface area contributed by atoms with E-state index in [0.717, 1.165) is 11.4 Å². The quantitative estimate of drug-likeness (QED) is 0.586. The number of nitrogens with zero attached hydrogens (tertiary/aromatic N) is 1. The number of nitrogens with one attached hydrogen (secondary N) is 1. The number of aromatic nitrogens is 1. The van der Waals surface area contributed by atoms with Gasteiger partial charge >= 0.3 is 6.42 Å². The van der Waals surface area contributed by atoms with Gasteiger partial charge in [0.2, 0.25) is 0 Å². The van der Waals surface area contributed by atoms with Gasteiger partial charge in [-0.15, -0.1) is 10.9 Å². The maximum absolute atomic E-state index is 11.8. The second kappa shape index (κ2) is 6.06. The molecule has 0 spiro atoms. The number of carbonyl (C=O) groups excluding carboxylic acids is 1. The van der Waals surface area contributed by atoms with Gasteiger partial charge in [-0.2, -0.15) is 0 Å². The van der Waals surface area contributed by atoms with E-state index in [4.69, 9.17) is 0 Å². The van der Waals surface area contributed by atoms with Gasteiger partial charge in [0.1, 0.15) is 6.20 Å². The lowest BCUT2D eigenvalue weighted by Gasteiger charge is -2.31. The van der Waals surface area contributed by atoms with E-state index in [-0.39, 0.29) is 5.78 Å². The number of carbonyl (C=O) groups is 1. The van der Waals surface area contributed by atoms with Crippen molar-refractivity contribution in [3.63, 3.8) is 0 Å². The van der Waals surface area contributed by atoms with Crippen molar-refractivity contribution in [3.05, 3.63) is 96.8 Å². The topological polar surface area (TPSA) is 33.0 Å². The lowest BCUT2D eigenvalue weighted by Crippen LogP contribution is -2.82. The normalized spacial score (nSPS) is 16.3. The molecule has 1 aromatic heterocycles. The molecule has 0 fully saturated rings. The summed E-state index contributed by atoms with van der Waals surface area (Å²) in [7, 11) is 0. The zero-order valence-electron chi connectivity index (χ0n) is 14.1. The molecule has 4 heteroatoms. The highest BCUT2D eigenvalue weighted by atomic mass is 16.1. The molecule has 3 aromatic rings. The molecule has 1 N–H and O–H groups in total. The Bertz CT molecular complexity index is 912. The summed E-state index contributed by atoms with van der Waals surface area (Å²) in [6.45, 7) is 1.58. The highest BCUT2D eigenvalue weighted by Crippen LogP contribution is 2.18. The third-order valence-corrected chi connectivity index (χ3v) is 4.86. The van der Waals surface area contributed by atoms with Crippen molar-refractivity contribution in [2.75, 3.05) is 0 Å². The highest BCUT2D eigenvalue weighted by Gasteiger charge is 2.48. The fraction of sp³-hybridized carbons (Fsp3) is 0.0476. The minimum atomic E-state index is -1.44. The number of rotatable bonds is 3. The largest absolute Gasteiger partial charge is 0.485 e. The summed E-state index contributed by atoms with van der Waals surface area (Å²) in [5, 5.41) is 3.70. The van der Waals surface area contributed by atoms with E-state index in [1.165, 1.54) is 10.9 Å². The van der Waals surface area contributed by atoms with E-state index < -0.39 is 6.42 Å². The van der Waals surface area contributed by atoms with Gasteiger partial charge < -0.3 is 9.71 Å². The molecule has 0 unspecified atom stereocenters. The molecule has 25 heavy (non-hydrogen) atoms. The van der Waals surface area contributed by atoms with E-state index in [9.17, 15) is 4.79 Å². The minimum absolute atomic E-state index is 0.0330. The van der Waals surface area contributed by atoms with Crippen molar-refractivity contribution in [3.8, 4) is 0 Å². The molecule has 0 saturated carbocycles. The number of benzene rings is 2. The summed E-state index contributed by atoms with van der Waals surface area (Å²) >= 11 is 0. The van der Waals surface area contributed by atoms with Crippen LogP contribution >= 0.6 is 0 Å². The molecule has 3 nitrogen and oxygen atoms in total. The van der Waals surface area contributed by atoms with Crippen LogP contribution < -0.4 is 20.6 Å². The van der Waals surface area contributed by atoms with Crippen LogP contribution in [0.2, 0.25) is 0 Å². The smallest absolute Gasteiger partial charge is 0.428 e. The molecule has 0 aliphatic carbocycles. The Morgan fingerprint density at radius 1 is 0.880 bits per heavy atom. The molecule has 0 amide bonds. The summed E-state index contributed by atoms with van der Waals surface area (Å²) in [5.41, 5.74) is 4.24. The second-order valence-corrected chi connectivity index (χ2v) is 6.45. The summed E-state index contributed by atoms with van der Waals surface area (Å²) in [6.07, 6.45) is 2.33. The Labute approximate surface area is 147 Å². The van der Waals surface area contributed by atoms with Gasteiger partial charge in [-0.05, 0) is 13.0 Å². The Balaban J connectivity index is 2.05. The molecule has 0 saturated heterocycles. The molecule has 2 heterocycles. The highest BCUT2D eigenvalue weighted by molar-refractivity contribution is 6.95. The third kappa shape index (κ3) is 2.47. The Morgan fingerprint density at radius 2 is 1.44 bits per heavy atom. The van der Waals surface area contributed by atoms with Gasteiger partial charge in [0, 0.05) is 12.1 Å². The number of ketones is 1. The van der Waals surface area contributed by atoms with Crippen molar-refractivity contribution in [1.82, 2.24) is 5.23 Å². The lowest BCUT2D eigenvalue weighted by molar-refractivity contribution is -0.541. The van der Waals surface area contributed by atoms with Gasteiger partial charge in [0.05, 0.1) is 5.70 Å². The molecular weight excluding hydrogens is 307 g/mol. The first-order valence-electron chi connectivity index (χ1n) is 8.50. The number of hydrogen-bond donors (Lipinski definition) is 1. The summed E-state index contributed by atoms with van der Waals surface area (Å²) in [5.74, 6) is 0.0330. The second-order valence-electron chi connectivity index (χ2n) is 6.45. The van der Waals surface area contributed by atoms with Gasteiger partial charge in [-0.1, -0.05) is 66.7 Å². The monoisotopic (exact) mass is 326 g/mol. The lowest BCUT2D eigenvalue weighted by atomic mass is 9.37. The summed E-state index contributed by atoms with van der Waals surface area (Å²) < 4.78 is 2.26. The average molecular weight is 326 g/mol. The summed E-state index contributed by atoms with van der Waals surface area (Å²) in [4.78, 5) is 11.8. The van der Waals surface area contributed by atoms with Crippen molar-refractivity contribution >= 4 is 28.8 Å². The number of fused-ring (bicyclic) bond motifs is 1. The Morgan fingerprint density at radius 3 is 2.00 bits per heavy atom. The van der Waals surface area contributed by atoms with Crippen molar-refractivity contribution in [2.24, 2.45) is 0 Å². The van der Waals surface area contributed by atoms with Crippen LogP contribution in [0.1, 0.15) is 12.6 Å². The van der Waals surface area contributed by atoms with E-state index in [1.54, 1.807) is 13.0 Å². The van der Waals surface area contributed by atoms with Crippen LogP contribution in [0.4, 0.5) is 0 Å². The fourth-order valence-corrected chi connectivity index (χ4v) is 3.85. The first-order valence-corrected chi connectivity index (χ1v) is 8.50. The minimum Gasteiger partial charge on any atom is -0.485 e. The van der Waals surface area contributed by atoms with Gasteiger partial charge in [-0.25, -0.2) is 0 Å². The van der Waals surface area contributed by atoms with Crippen LogP contribution in [-0.4, -0.2) is 12.2 Å². The van der Waals surface area contributed by atoms with Crippen molar-refractivity contribution < 1.29 is 9.27 Å². The maximum Gasteiger partial charge on any atom is 0.428 e. The zero-order valence-corrected chi connectivity index (χ0v) is 14.1. The van der Waals surface area contributed by atoms with E-state index in [0.29, 0.717) is 0 Å². The predicted molar refractivity (Wildman–Crippen MR) is 102 cm³/mol. The predicted octanol–water partition coefficient (Wildman–Crippen LogP) is 1.61. The van der Waals surface area contributed by atoms with E-state index in [1.807, 2.05) is 24.3 Å². The molecule has 1 aliphatic heterocycles. The molecule has 2 aromatic carbocycles. The van der Waals surface area contributed by atoms with Crippen molar-refractivity contribution in [2.45, 2.75) is 6.92 Å². The van der Waals surface area contributed by atoms with Gasteiger partial charge in [0.15, 0.2) is 11.5 Å². The first-order chi connectivity index (χ1) is 12.2. The van der Waals surface area contributed by atoms with Crippen LogP contribution in [0.5, 0.6) is 0 Å². The van der Waals surface area contributed by atoms with E-state index >= 15 is 0 Å². The molecule has 122 valence electrons. The molecular formula is C21H19BN2O. The average Bonchev–Trinajstić information content (AvgIpc) is 2.98. The Kier molecular flexibility index (Phi) is 3.73. The number of allylic oxidation sites excluding steroid dienone is 1. The fourth-order valence-electron chi connectivity index (χ4n) is 3.85. The molecule has 0 radical (unpaired) electrons. The summed E-state index contributed by atoms with van der Waals surface area (Å²) in [6, 6.07) is 26.9. The first kappa shape index (κ1) is 15.4. The number of pyridine rings is 1. The van der Waals surface area contributed by atoms with Crippen LogP contribution in [0, 0.1) is 0 Å². The van der Waals surface area contributed by atoms with Crippen LogP contribution in [0.3, 0.4) is 0 Å². The standard InChI is InChI=1S/C21H19BN2O/c1-17(25)16-20-21-14-8-9-15-24(21)22(23-20,18-10-4-2-5-11-18)19-12-6-3-7-13-19/h2-16,23H,1H3/b20-16-.